The molecule has 4 rings (SSSR count). The highest BCUT2D eigenvalue weighted by Crippen LogP contribution is 2.36. The van der Waals surface area contributed by atoms with Crippen LogP contribution in [0.2, 0.25) is 0 Å². The summed E-state index contributed by atoms with van der Waals surface area (Å²) in [6.07, 6.45) is 6.24. The van der Waals surface area contributed by atoms with Gasteiger partial charge in [0.25, 0.3) is 11.5 Å². The number of aromatic nitrogens is 2. The summed E-state index contributed by atoms with van der Waals surface area (Å²) in [4.78, 5) is 33.6. The van der Waals surface area contributed by atoms with Crippen LogP contribution < -0.4 is 10.3 Å². The van der Waals surface area contributed by atoms with Gasteiger partial charge in [-0.2, -0.15) is 4.98 Å². The van der Waals surface area contributed by atoms with Gasteiger partial charge in [-0.05, 0) is 61.1 Å². The van der Waals surface area contributed by atoms with E-state index in [1.54, 1.807) is 23.2 Å². The normalized spacial score (nSPS) is 15.1. The van der Waals surface area contributed by atoms with Crippen LogP contribution in [0, 0.1) is 13.8 Å². The highest BCUT2D eigenvalue weighted by Gasteiger charge is 2.32. The van der Waals surface area contributed by atoms with Gasteiger partial charge in [-0.25, -0.2) is 0 Å². The molecule has 1 amide bonds. The molecule has 1 aliphatic heterocycles. The Morgan fingerprint density at radius 3 is 2.67 bits per heavy atom. The number of hydrogen-bond donors (Lipinski definition) is 0. The van der Waals surface area contributed by atoms with Crippen molar-refractivity contribution in [2.45, 2.75) is 59.8 Å². The number of pyridine rings is 1. The van der Waals surface area contributed by atoms with Crippen molar-refractivity contribution in [3.8, 4) is 11.6 Å². The van der Waals surface area contributed by atoms with Crippen LogP contribution >= 0.6 is 24.0 Å². The number of thiocarbonyl (C=S) groups is 1. The number of fused-ring (bicyclic) bond motifs is 1. The van der Waals surface area contributed by atoms with Crippen molar-refractivity contribution in [3.63, 3.8) is 0 Å². The first kappa shape index (κ1) is 26.1. The number of ether oxygens (including phenoxy) is 1. The van der Waals surface area contributed by atoms with Crippen LogP contribution in [-0.4, -0.2) is 31.1 Å². The van der Waals surface area contributed by atoms with E-state index in [1.807, 2.05) is 38.1 Å². The highest BCUT2D eigenvalue weighted by molar-refractivity contribution is 8.26. The average molecular weight is 522 g/mol. The zero-order valence-electron chi connectivity index (χ0n) is 21.3. The Hall–Kier alpha value is -2.97. The fraction of sp³-hybridized carbons (Fsp3) is 0.357. The summed E-state index contributed by atoms with van der Waals surface area (Å²) in [5.41, 5.74) is 3.34. The molecule has 0 aliphatic carbocycles. The molecule has 6 nitrogen and oxygen atoms in total. The Kier molecular flexibility index (Phi) is 7.95. The summed E-state index contributed by atoms with van der Waals surface area (Å²) >= 11 is 6.70. The molecule has 0 atom stereocenters. The standard InChI is InChI=1S/C28H31N3O3S2/c1-6-7-8-13-31-27(33)23(36-28(31)35)16-21-25(29-24-19(5)10-9-14-30(24)26(21)32)34-22-15-18(4)11-12-20(22)17(2)3/h9-12,14-17H,6-8,13H2,1-5H3/b23-16+. The summed E-state index contributed by atoms with van der Waals surface area (Å²) in [6.45, 7) is 10.8. The molecule has 36 heavy (non-hydrogen) atoms. The molecule has 1 saturated heterocycles. The lowest BCUT2D eigenvalue weighted by molar-refractivity contribution is -0.122. The van der Waals surface area contributed by atoms with Gasteiger partial charge in [-0.15, -0.1) is 0 Å². The second kappa shape index (κ2) is 11.0. The molecule has 8 heteroatoms. The highest BCUT2D eigenvalue weighted by atomic mass is 32.2. The van der Waals surface area contributed by atoms with E-state index in [0.29, 0.717) is 27.2 Å². The lowest BCUT2D eigenvalue weighted by atomic mass is 10.0. The van der Waals surface area contributed by atoms with E-state index in [1.165, 1.54) is 16.2 Å². The zero-order chi connectivity index (χ0) is 26.0. The van der Waals surface area contributed by atoms with Crippen molar-refractivity contribution in [2.24, 2.45) is 0 Å². The van der Waals surface area contributed by atoms with Gasteiger partial charge in [0.1, 0.15) is 21.3 Å². The van der Waals surface area contributed by atoms with Crippen molar-refractivity contribution in [2.75, 3.05) is 6.54 Å². The number of amides is 1. The Bertz CT molecular complexity index is 1430. The number of nitrogens with zero attached hydrogens (tertiary/aromatic N) is 3. The van der Waals surface area contributed by atoms with Crippen LogP contribution in [0.25, 0.3) is 11.7 Å². The number of unbranched alkanes of at least 4 members (excludes halogenated alkanes) is 2. The molecule has 1 aromatic carbocycles. The van der Waals surface area contributed by atoms with Gasteiger partial charge in [-0.1, -0.05) is 75.8 Å². The molecule has 0 bridgehead atoms. The maximum absolute atomic E-state index is 13.7. The fourth-order valence-corrected chi connectivity index (χ4v) is 5.44. The van der Waals surface area contributed by atoms with Gasteiger partial charge < -0.3 is 4.74 Å². The third-order valence-corrected chi connectivity index (χ3v) is 7.56. The SMILES string of the molecule is CCCCCN1C(=O)/C(=C\c2c(Oc3cc(C)ccc3C(C)C)nc3c(C)cccn3c2=O)SC1=S. The number of aryl methyl sites for hydroxylation is 2. The van der Waals surface area contributed by atoms with E-state index in [4.69, 9.17) is 21.9 Å². The second-order valence-electron chi connectivity index (χ2n) is 9.36. The topological polar surface area (TPSA) is 63.9 Å². The first-order valence-corrected chi connectivity index (χ1v) is 13.5. The first-order chi connectivity index (χ1) is 17.2. The number of thioether (sulfide) groups is 1. The lowest BCUT2D eigenvalue weighted by Gasteiger charge is -2.16. The van der Waals surface area contributed by atoms with Crippen LogP contribution in [0.15, 0.2) is 46.2 Å². The predicted octanol–water partition coefficient (Wildman–Crippen LogP) is 6.62. The van der Waals surface area contributed by atoms with E-state index >= 15 is 0 Å². The summed E-state index contributed by atoms with van der Waals surface area (Å²) in [5, 5.41) is 0. The maximum atomic E-state index is 13.7. The van der Waals surface area contributed by atoms with Gasteiger partial charge in [0.2, 0.25) is 5.88 Å². The lowest BCUT2D eigenvalue weighted by Crippen LogP contribution is -2.29. The second-order valence-corrected chi connectivity index (χ2v) is 11.0. The number of hydrogen-bond acceptors (Lipinski definition) is 6. The van der Waals surface area contributed by atoms with E-state index in [0.717, 1.165) is 36.0 Å². The smallest absolute Gasteiger partial charge is 0.269 e. The number of carbonyl (C=O) groups is 1. The fourth-order valence-electron chi connectivity index (χ4n) is 4.15. The van der Waals surface area contributed by atoms with Crippen LogP contribution in [0.4, 0.5) is 0 Å². The van der Waals surface area contributed by atoms with Gasteiger partial charge >= 0.3 is 0 Å². The van der Waals surface area contributed by atoms with Crippen molar-refractivity contribution in [1.82, 2.24) is 14.3 Å². The summed E-state index contributed by atoms with van der Waals surface area (Å²) in [7, 11) is 0. The van der Waals surface area contributed by atoms with Crippen molar-refractivity contribution in [1.29, 1.82) is 0 Å². The summed E-state index contributed by atoms with van der Waals surface area (Å²) < 4.78 is 8.37. The molecule has 188 valence electrons. The summed E-state index contributed by atoms with van der Waals surface area (Å²) in [6, 6.07) is 9.74. The van der Waals surface area contributed by atoms with Crippen molar-refractivity contribution < 1.29 is 9.53 Å². The Morgan fingerprint density at radius 1 is 1.17 bits per heavy atom. The third-order valence-electron chi connectivity index (χ3n) is 6.18. The molecule has 2 aromatic heterocycles. The van der Waals surface area contributed by atoms with Crippen molar-refractivity contribution in [3.05, 3.63) is 74.0 Å². The minimum atomic E-state index is -0.297. The first-order valence-electron chi connectivity index (χ1n) is 12.3. The molecule has 1 aliphatic rings. The molecule has 0 radical (unpaired) electrons. The molecule has 0 spiro atoms. The van der Waals surface area contributed by atoms with E-state index in [9.17, 15) is 9.59 Å². The van der Waals surface area contributed by atoms with Gasteiger partial charge in [0.15, 0.2) is 0 Å². The van der Waals surface area contributed by atoms with Gasteiger partial charge in [0, 0.05) is 12.7 Å². The molecule has 0 N–H and O–H groups in total. The summed E-state index contributed by atoms with van der Waals surface area (Å²) in [5.74, 6) is 0.862. The van der Waals surface area contributed by atoms with Crippen LogP contribution in [-0.2, 0) is 4.79 Å². The maximum Gasteiger partial charge on any atom is 0.269 e. The minimum absolute atomic E-state index is 0.179. The van der Waals surface area contributed by atoms with Gasteiger partial charge in [0.05, 0.1) is 4.91 Å². The van der Waals surface area contributed by atoms with Crippen molar-refractivity contribution >= 4 is 45.9 Å². The van der Waals surface area contributed by atoms with E-state index in [-0.39, 0.29) is 28.8 Å². The Balaban J connectivity index is 1.85. The monoisotopic (exact) mass is 521 g/mol. The molecule has 0 unspecified atom stereocenters. The number of benzene rings is 1. The minimum Gasteiger partial charge on any atom is -0.438 e. The largest absolute Gasteiger partial charge is 0.438 e. The molecular weight excluding hydrogens is 490 g/mol. The van der Waals surface area contributed by atoms with E-state index in [2.05, 4.69) is 20.8 Å². The Labute approximate surface area is 221 Å². The molecule has 0 saturated carbocycles. The molecule has 3 heterocycles. The van der Waals surface area contributed by atoms with Gasteiger partial charge in [-0.3, -0.25) is 18.9 Å². The van der Waals surface area contributed by atoms with Crippen LogP contribution in [0.5, 0.6) is 11.6 Å². The molecular formula is C28H31N3O3S2. The predicted molar refractivity (Wildman–Crippen MR) is 151 cm³/mol. The van der Waals surface area contributed by atoms with Crippen LogP contribution in [0.3, 0.4) is 0 Å². The Morgan fingerprint density at radius 2 is 1.94 bits per heavy atom. The number of carbonyl (C=O) groups excluding carboxylic acids is 1. The molecule has 3 aromatic rings. The third kappa shape index (κ3) is 5.25. The average Bonchev–Trinajstić information content (AvgIpc) is 3.09. The zero-order valence-corrected chi connectivity index (χ0v) is 23.0. The number of rotatable bonds is 8. The molecule has 1 fully saturated rings. The van der Waals surface area contributed by atoms with Crippen LogP contribution in [0.1, 0.15) is 68.2 Å². The quantitative estimate of drug-likeness (QED) is 0.189. The van der Waals surface area contributed by atoms with E-state index < -0.39 is 0 Å².